The average molecular weight is 242 g/mol. The first-order valence-electron chi connectivity index (χ1n) is 5.69. The third kappa shape index (κ3) is 2.71. The number of nitrogens with zero attached hydrogens (tertiary/aromatic N) is 2. The third-order valence-corrected chi connectivity index (χ3v) is 2.69. The van der Waals surface area contributed by atoms with Crippen LogP contribution in [0.2, 0.25) is 0 Å². The molecular weight excluding hydrogens is 228 g/mol. The van der Waals surface area contributed by atoms with Gasteiger partial charge >= 0.3 is 0 Å². The van der Waals surface area contributed by atoms with E-state index in [0.29, 0.717) is 11.3 Å². The Morgan fingerprint density at radius 2 is 1.78 bits per heavy atom. The average Bonchev–Trinajstić information content (AvgIpc) is 2.76. The van der Waals surface area contributed by atoms with Gasteiger partial charge < -0.3 is 0 Å². The highest BCUT2D eigenvalue weighted by Gasteiger charge is 2.15. The molecule has 0 N–H and O–H groups in total. The quantitative estimate of drug-likeness (QED) is 0.610. The molecule has 0 unspecified atom stereocenters. The van der Waals surface area contributed by atoms with Crippen molar-refractivity contribution in [1.82, 2.24) is 9.78 Å². The van der Waals surface area contributed by atoms with Gasteiger partial charge in [-0.05, 0) is 13.0 Å². The van der Waals surface area contributed by atoms with Crippen molar-refractivity contribution in [2.45, 2.75) is 13.3 Å². The third-order valence-electron chi connectivity index (χ3n) is 2.69. The first kappa shape index (κ1) is 12.2. The van der Waals surface area contributed by atoms with Crippen molar-refractivity contribution in [2.75, 3.05) is 0 Å². The van der Waals surface area contributed by atoms with Gasteiger partial charge in [-0.15, -0.1) is 0 Å². The van der Waals surface area contributed by atoms with Crippen molar-refractivity contribution >= 4 is 11.6 Å². The van der Waals surface area contributed by atoms with Crippen LogP contribution in [0.25, 0.3) is 0 Å². The molecule has 0 saturated heterocycles. The summed E-state index contributed by atoms with van der Waals surface area (Å²) in [6, 6.07) is 8.81. The Kier molecular flexibility index (Phi) is 3.37. The van der Waals surface area contributed by atoms with Gasteiger partial charge in [0, 0.05) is 18.8 Å². The van der Waals surface area contributed by atoms with E-state index in [9.17, 15) is 9.59 Å². The van der Waals surface area contributed by atoms with Crippen LogP contribution in [0, 0.1) is 6.92 Å². The molecule has 0 spiro atoms. The Morgan fingerprint density at radius 1 is 1.11 bits per heavy atom. The van der Waals surface area contributed by atoms with Crippen LogP contribution in [0.1, 0.15) is 32.8 Å². The molecule has 18 heavy (non-hydrogen) atoms. The van der Waals surface area contributed by atoms with Gasteiger partial charge in [0.1, 0.15) is 5.69 Å². The monoisotopic (exact) mass is 242 g/mol. The van der Waals surface area contributed by atoms with E-state index in [-0.39, 0.29) is 18.0 Å². The van der Waals surface area contributed by atoms with E-state index in [1.807, 2.05) is 19.1 Å². The van der Waals surface area contributed by atoms with E-state index in [4.69, 9.17) is 0 Å². The molecule has 0 bridgehead atoms. The van der Waals surface area contributed by atoms with Gasteiger partial charge in [0.2, 0.25) is 0 Å². The number of hydrogen-bond donors (Lipinski definition) is 0. The first-order valence-corrected chi connectivity index (χ1v) is 5.69. The molecule has 0 amide bonds. The highest BCUT2D eigenvalue weighted by molar-refractivity contribution is 6.12. The molecule has 0 aliphatic carbocycles. The molecule has 0 atom stereocenters. The summed E-state index contributed by atoms with van der Waals surface area (Å²) in [5, 5.41) is 3.99. The molecule has 1 aromatic carbocycles. The van der Waals surface area contributed by atoms with Gasteiger partial charge in [0.05, 0.1) is 6.42 Å². The Hall–Kier alpha value is -2.23. The van der Waals surface area contributed by atoms with E-state index < -0.39 is 0 Å². The first-order chi connectivity index (χ1) is 8.56. The molecule has 4 heteroatoms. The molecule has 4 nitrogen and oxygen atoms in total. The lowest BCUT2D eigenvalue weighted by Crippen LogP contribution is -2.09. The van der Waals surface area contributed by atoms with Gasteiger partial charge in [0.15, 0.2) is 11.6 Å². The van der Waals surface area contributed by atoms with E-state index in [2.05, 4.69) is 5.10 Å². The Morgan fingerprint density at radius 3 is 2.33 bits per heavy atom. The lowest BCUT2D eigenvalue weighted by atomic mass is 10.0. The molecule has 0 aliphatic rings. The van der Waals surface area contributed by atoms with Gasteiger partial charge in [-0.25, -0.2) is 0 Å². The summed E-state index contributed by atoms with van der Waals surface area (Å²) in [6.45, 7) is 1.95. The molecule has 0 saturated carbocycles. The topological polar surface area (TPSA) is 52.0 Å². The number of hydrogen-bond acceptors (Lipinski definition) is 3. The Labute approximate surface area is 105 Å². The number of carbonyl (C=O) groups excluding carboxylic acids is 2. The molecule has 1 heterocycles. The highest BCUT2D eigenvalue weighted by Crippen LogP contribution is 2.09. The van der Waals surface area contributed by atoms with Crippen LogP contribution < -0.4 is 0 Å². The number of Topliss-reactive ketones (excluding diaryl/α,β-unsaturated/α-hetero) is 2. The van der Waals surface area contributed by atoms with Crippen molar-refractivity contribution in [3.05, 3.63) is 53.3 Å². The minimum atomic E-state index is -0.249. The molecular formula is C14H14N2O2. The molecule has 1 aromatic heterocycles. The highest BCUT2D eigenvalue weighted by atomic mass is 16.1. The molecule has 0 radical (unpaired) electrons. The number of carbonyl (C=O) groups is 2. The van der Waals surface area contributed by atoms with Crippen LogP contribution in [0.5, 0.6) is 0 Å². The summed E-state index contributed by atoms with van der Waals surface area (Å²) in [7, 11) is 1.73. The van der Waals surface area contributed by atoms with Crippen LogP contribution in [-0.2, 0) is 7.05 Å². The van der Waals surface area contributed by atoms with Crippen LogP contribution in [0.3, 0.4) is 0 Å². The molecule has 0 fully saturated rings. The van der Waals surface area contributed by atoms with E-state index >= 15 is 0 Å². The van der Waals surface area contributed by atoms with E-state index in [1.165, 1.54) is 0 Å². The number of aryl methyl sites for hydroxylation is 2. The minimum Gasteiger partial charge on any atom is -0.294 e. The number of rotatable bonds is 4. The van der Waals surface area contributed by atoms with Crippen molar-refractivity contribution in [2.24, 2.45) is 7.05 Å². The van der Waals surface area contributed by atoms with Crippen molar-refractivity contribution in [1.29, 1.82) is 0 Å². The van der Waals surface area contributed by atoms with Crippen LogP contribution in [0.15, 0.2) is 36.5 Å². The lowest BCUT2D eigenvalue weighted by Gasteiger charge is -2.00. The van der Waals surface area contributed by atoms with Crippen molar-refractivity contribution in [3.8, 4) is 0 Å². The SMILES string of the molecule is Cc1ccc(C(=O)CC(=O)c2ccn(C)n2)cc1. The lowest BCUT2D eigenvalue weighted by molar-refractivity contribution is 0.0891. The summed E-state index contributed by atoms with van der Waals surface area (Å²) in [6.07, 6.45) is 1.55. The van der Waals surface area contributed by atoms with E-state index in [1.54, 1.807) is 36.1 Å². The standard InChI is InChI=1S/C14H14N2O2/c1-10-3-5-11(6-4-10)13(17)9-14(18)12-7-8-16(2)15-12/h3-8H,9H2,1-2H3. The van der Waals surface area contributed by atoms with Crippen LogP contribution >= 0.6 is 0 Å². The number of aromatic nitrogens is 2. The zero-order chi connectivity index (χ0) is 13.1. The number of ketones is 2. The Bertz CT molecular complexity index is 582. The zero-order valence-electron chi connectivity index (χ0n) is 10.4. The number of benzene rings is 1. The maximum Gasteiger partial charge on any atom is 0.190 e. The van der Waals surface area contributed by atoms with Gasteiger partial charge in [-0.2, -0.15) is 5.10 Å². The van der Waals surface area contributed by atoms with E-state index in [0.717, 1.165) is 5.56 Å². The van der Waals surface area contributed by atoms with Crippen LogP contribution in [0.4, 0.5) is 0 Å². The summed E-state index contributed by atoms with van der Waals surface area (Å²) >= 11 is 0. The maximum atomic E-state index is 11.9. The van der Waals surface area contributed by atoms with Gasteiger partial charge in [-0.1, -0.05) is 29.8 Å². The molecule has 92 valence electrons. The minimum absolute atomic E-state index is 0.139. The largest absolute Gasteiger partial charge is 0.294 e. The molecule has 2 aromatic rings. The second-order valence-electron chi connectivity index (χ2n) is 4.26. The van der Waals surface area contributed by atoms with Crippen LogP contribution in [-0.4, -0.2) is 21.3 Å². The predicted molar refractivity (Wildman–Crippen MR) is 67.7 cm³/mol. The molecule has 2 rings (SSSR count). The predicted octanol–water partition coefficient (Wildman–Crippen LogP) is 2.18. The van der Waals surface area contributed by atoms with Gasteiger partial charge in [-0.3, -0.25) is 14.3 Å². The summed E-state index contributed by atoms with van der Waals surface area (Å²) in [4.78, 5) is 23.7. The van der Waals surface area contributed by atoms with Crippen molar-refractivity contribution in [3.63, 3.8) is 0 Å². The Balaban J connectivity index is 2.08. The normalized spacial score (nSPS) is 10.3. The summed E-state index contributed by atoms with van der Waals surface area (Å²) < 4.78 is 1.55. The smallest absolute Gasteiger partial charge is 0.190 e. The zero-order valence-corrected chi connectivity index (χ0v) is 10.4. The molecule has 0 aliphatic heterocycles. The van der Waals surface area contributed by atoms with Gasteiger partial charge in [0.25, 0.3) is 0 Å². The second-order valence-corrected chi connectivity index (χ2v) is 4.26. The van der Waals surface area contributed by atoms with Crippen molar-refractivity contribution < 1.29 is 9.59 Å². The summed E-state index contributed by atoms with van der Waals surface area (Å²) in [5.41, 5.74) is 1.98. The maximum absolute atomic E-state index is 11.9. The summed E-state index contributed by atoms with van der Waals surface area (Å²) in [5.74, 6) is -0.424. The fraction of sp³-hybridized carbons (Fsp3) is 0.214. The fourth-order valence-corrected chi connectivity index (χ4v) is 1.64. The second kappa shape index (κ2) is 4.96. The fourth-order valence-electron chi connectivity index (χ4n) is 1.64.